The number of rotatable bonds is 3. The zero-order valence-electron chi connectivity index (χ0n) is 11.8. The molecule has 2 aromatic carbocycles. The number of alkyl halides is 1. The summed E-state index contributed by atoms with van der Waals surface area (Å²) in [5, 5.41) is 0. The number of fused-ring (bicyclic) bond motifs is 1. The number of carbonyl (C=O) groups excluding carboxylic acids is 1. The number of benzene rings is 2. The van der Waals surface area contributed by atoms with E-state index in [1.165, 1.54) is 5.56 Å². The van der Waals surface area contributed by atoms with Gasteiger partial charge in [-0.05, 0) is 35.7 Å². The molecule has 0 spiro atoms. The molecule has 0 fully saturated rings. The standard InChI is InChI=1S/C17H16BrNO2/c1-21-14-8-6-12(7-9-14)11-19-16-5-3-2-4-13(16)10-15(18)17(19)20/h2-9,15H,10-11H2,1H3. The molecule has 3 rings (SSSR count). The van der Waals surface area contributed by atoms with Crippen molar-refractivity contribution in [2.75, 3.05) is 12.0 Å². The molecular formula is C17H16BrNO2. The Balaban J connectivity index is 1.90. The fourth-order valence-electron chi connectivity index (χ4n) is 2.59. The van der Waals surface area contributed by atoms with E-state index in [1.807, 2.05) is 47.4 Å². The number of hydrogen-bond acceptors (Lipinski definition) is 2. The molecule has 0 aliphatic carbocycles. The third-order valence-corrected chi connectivity index (χ3v) is 4.43. The van der Waals surface area contributed by atoms with Crippen molar-refractivity contribution in [1.29, 1.82) is 0 Å². The number of anilines is 1. The Hall–Kier alpha value is -1.81. The molecule has 4 heteroatoms. The fourth-order valence-corrected chi connectivity index (χ4v) is 3.19. The van der Waals surface area contributed by atoms with Gasteiger partial charge in [0.15, 0.2) is 0 Å². The van der Waals surface area contributed by atoms with Crippen molar-refractivity contribution in [1.82, 2.24) is 0 Å². The largest absolute Gasteiger partial charge is 0.497 e. The molecule has 0 N–H and O–H groups in total. The minimum absolute atomic E-state index is 0.115. The predicted molar refractivity (Wildman–Crippen MR) is 87.0 cm³/mol. The van der Waals surface area contributed by atoms with E-state index in [0.717, 1.165) is 23.4 Å². The van der Waals surface area contributed by atoms with Crippen LogP contribution in [0.3, 0.4) is 0 Å². The predicted octanol–water partition coefficient (Wildman–Crippen LogP) is 3.55. The lowest BCUT2D eigenvalue weighted by Crippen LogP contribution is -2.41. The van der Waals surface area contributed by atoms with Gasteiger partial charge in [0.25, 0.3) is 0 Å². The molecule has 0 saturated heterocycles. The van der Waals surface area contributed by atoms with Crippen LogP contribution in [0.1, 0.15) is 11.1 Å². The normalized spacial score (nSPS) is 17.5. The van der Waals surface area contributed by atoms with Gasteiger partial charge in [-0.2, -0.15) is 0 Å². The Morgan fingerprint density at radius 2 is 1.90 bits per heavy atom. The van der Waals surface area contributed by atoms with Crippen molar-refractivity contribution in [3.8, 4) is 5.75 Å². The molecule has 2 aromatic rings. The molecule has 3 nitrogen and oxygen atoms in total. The molecule has 0 saturated carbocycles. The number of nitrogens with zero attached hydrogens (tertiary/aromatic N) is 1. The van der Waals surface area contributed by atoms with Gasteiger partial charge in [0.1, 0.15) is 5.75 Å². The molecular weight excluding hydrogens is 330 g/mol. The van der Waals surface area contributed by atoms with E-state index in [0.29, 0.717) is 6.54 Å². The van der Waals surface area contributed by atoms with Crippen LogP contribution in [-0.2, 0) is 17.8 Å². The lowest BCUT2D eigenvalue weighted by Gasteiger charge is -2.32. The van der Waals surface area contributed by atoms with Crippen molar-refractivity contribution in [2.24, 2.45) is 0 Å². The monoisotopic (exact) mass is 345 g/mol. The SMILES string of the molecule is COc1ccc(CN2C(=O)C(Br)Cc3ccccc32)cc1. The van der Waals surface area contributed by atoms with E-state index >= 15 is 0 Å². The highest BCUT2D eigenvalue weighted by molar-refractivity contribution is 9.10. The maximum Gasteiger partial charge on any atom is 0.241 e. The first kappa shape index (κ1) is 14.1. The summed E-state index contributed by atoms with van der Waals surface area (Å²) in [4.78, 5) is 14.2. The highest BCUT2D eigenvalue weighted by Gasteiger charge is 2.30. The summed E-state index contributed by atoms with van der Waals surface area (Å²) in [6.45, 7) is 0.571. The van der Waals surface area contributed by atoms with E-state index in [-0.39, 0.29) is 10.7 Å². The Morgan fingerprint density at radius 1 is 1.19 bits per heavy atom. The second-order valence-corrected chi connectivity index (χ2v) is 6.18. The quantitative estimate of drug-likeness (QED) is 0.796. The van der Waals surface area contributed by atoms with Crippen LogP contribution in [0, 0.1) is 0 Å². The van der Waals surface area contributed by atoms with Crippen LogP contribution < -0.4 is 9.64 Å². The van der Waals surface area contributed by atoms with Crippen molar-refractivity contribution in [3.05, 3.63) is 59.7 Å². The van der Waals surface area contributed by atoms with Crippen molar-refractivity contribution in [2.45, 2.75) is 17.8 Å². The highest BCUT2D eigenvalue weighted by Crippen LogP contribution is 2.31. The van der Waals surface area contributed by atoms with Gasteiger partial charge in [0.2, 0.25) is 5.91 Å². The van der Waals surface area contributed by atoms with Gasteiger partial charge in [-0.1, -0.05) is 46.3 Å². The Labute approximate surface area is 132 Å². The van der Waals surface area contributed by atoms with Gasteiger partial charge in [-0.3, -0.25) is 4.79 Å². The number of halogens is 1. The Morgan fingerprint density at radius 3 is 2.62 bits per heavy atom. The van der Waals surface area contributed by atoms with Crippen LogP contribution in [0.15, 0.2) is 48.5 Å². The van der Waals surface area contributed by atoms with Crippen LogP contribution in [0.4, 0.5) is 5.69 Å². The average molecular weight is 346 g/mol. The van der Waals surface area contributed by atoms with Crippen LogP contribution in [0.5, 0.6) is 5.75 Å². The highest BCUT2D eigenvalue weighted by atomic mass is 79.9. The van der Waals surface area contributed by atoms with Gasteiger partial charge in [0.05, 0.1) is 18.5 Å². The first-order valence-corrected chi connectivity index (χ1v) is 7.77. The number of ether oxygens (including phenoxy) is 1. The minimum Gasteiger partial charge on any atom is -0.497 e. The van der Waals surface area contributed by atoms with E-state index in [1.54, 1.807) is 7.11 Å². The number of hydrogen-bond donors (Lipinski definition) is 0. The summed E-state index contributed by atoms with van der Waals surface area (Å²) >= 11 is 3.49. The molecule has 1 aliphatic rings. The number of carbonyl (C=O) groups is 1. The molecule has 1 heterocycles. The molecule has 1 atom stereocenters. The maximum atomic E-state index is 12.5. The minimum atomic E-state index is -0.148. The molecule has 0 bridgehead atoms. The molecule has 0 radical (unpaired) electrons. The summed E-state index contributed by atoms with van der Waals surface area (Å²) < 4.78 is 5.17. The van der Waals surface area contributed by atoms with Crippen molar-refractivity contribution in [3.63, 3.8) is 0 Å². The Bertz CT molecular complexity index is 654. The summed E-state index contributed by atoms with van der Waals surface area (Å²) in [7, 11) is 1.65. The number of methoxy groups -OCH3 is 1. The maximum absolute atomic E-state index is 12.5. The van der Waals surface area contributed by atoms with Gasteiger partial charge in [-0.15, -0.1) is 0 Å². The van der Waals surface area contributed by atoms with Crippen molar-refractivity contribution >= 4 is 27.5 Å². The topological polar surface area (TPSA) is 29.5 Å². The van der Waals surface area contributed by atoms with Gasteiger partial charge < -0.3 is 9.64 Å². The van der Waals surface area contributed by atoms with E-state index in [9.17, 15) is 4.79 Å². The zero-order valence-corrected chi connectivity index (χ0v) is 13.3. The number of amides is 1. The van der Waals surface area contributed by atoms with Crippen LogP contribution in [0.25, 0.3) is 0 Å². The third kappa shape index (κ3) is 2.81. The summed E-state index contributed by atoms with van der Waals surface area (Å²) in [5.74, 6) is 0.937. The summed E-state index contributed by atoms with van der Waals surface area (Å²) in [6.07, 6.45) is 0.744. The molecule has 1 unspecified atom stereocenters. The molecule has 108 valence electrons. The first-order valence-electron chi connectivity index (χ1n) is 6.85. The lowest BCUT2D eigenvalue weighted by atomic mass is 10.0. The van der Waals surface area contributed by atoms with E-state index in [2.05, 4.69) is 22.0 Å². The summed E-state index contributed by atoms with van der Waals surface area (Å²) in [6, 6.07) is 15.9. The third-order valence-electron chi connectivity index (χ3n) is 3.72. The van der Waals surface area contributed by atoms with Gasteiger partial charge in [0, 0.05) is 5.69 Å². The van der Waals surface area contributed by atoms with Crippen LogP contribution >= 0.6 is 15.9 Å². The molecule has 0 aromatic heterocycles. The lowest BCUT2D eigenvalue weighted by molar-refractivity contribution is -0.118. The van der Waals surface area contributed by atoms with Crippen LogP contribution in [-0.4, -0.2) is 17.8 Å². The molecule has 21 heavy (non-hydrogen) atoms. The van der Waals surface area contributed by atoms with Crippen molar-refractivity contribution < 1.29 is 9.53 Å². The van der Waals surface area contributed by atoms with Gasteiger partial charge >= 0.3 is 0 Å². The smallest absolute Gasteiger partial charge is 0.241 e. The zero-order chi connectivity index (χ0) is 14.8. The van der Waals surface area contributed by atoms with E-state index in [4.69, 9.17) is 4.74 Å². The van der Waals surface area contributed by atoms with E-state index < -0.39 is 0 Å². The Kier molecular flexibility index (Phi) is 3.97. The van der Waals surface area contributed by atoms with Gasteiger partial charge in [-0.25, -0.2) is 0 Å². The fraction of sp³-hybridized carbons (Fsp3) is 0.235. The average Bonchev–Trinajstić information content (AvgIpc) is 2.52. The molecule has 1 amide bonds. The second kappa shape index (κ2) is 5.90. The second-order valence-electron chi connectivity index (χ2n) is 5.07. The number of para-hydroxylation sites is 1. The molecule has 1 aliphatic heterocycles. The summed E-state index contributed by atoms with van der Waals surface area (Å²) in [5.41, 5.74) is 3.29. The van der Waals surface area contributed by atoms with Crippen LogP contribution in [0.2, 0.25) is 0 Å². The first-order chi connectivity index (χ1) is 10.2.